The number of benzene rings is 1. The SMILES string of the molecule is CCC(C(=O)Nc1c(Cl)cccc1Cl)n1cc(Br)cn1. The average Bonchev–Trinajstić information content (AvgIpc) is 2.81. The molecule has 0 aliphatic heterocycles. The van der Waals surface area contributed by atoms with Crippen molar-refractivity contribution in [3.63, 3.8) is 0 Å². The second-order valence-electron chi connectivity index (χ2n) is 4.15. The monoisotopic (exact) mass is 375 g/mol. The van der Waals surface area contributed by atoms with Gasteiger partial charge in [0.2, 0.25) is 5.91 Å². The van der Waals surface area contributed by atoms with Gasteiger partial charge in [0, 0.05) is 6.20 Å². The van der Waals surface area contributed by atoms with E-state index in [4.69, 9.17) is 23.2 Å². The summed E-state index contributed by atoms with van der Waals surface area (Å²) in [5.41, 5.74) is 0.422. The molecule has 0 saturated heterocycles. The fourth-order valence-electron chi connectivity index (χ4n) is 1.80. The number of carbonyl (C=O) groups excluding carboxylic acids is 1. The fourth-order valence-corrected chi connectivity index (χ4v) is 2.59. The molecule has 106 valence electrons. The second-order valence-corrected chi connectivity index (χ2v) is 5.88. The van der Waals surface area contributed by atoms with E-state index < -0.39 is 6.04 Å². The van der Waals surface area contributed by atoms with Crippen LogP contribution in [0.25, 0.3) is 0 Å². The summed E-state index contributed by atoms with van der Waals surface area (Å²) < 4.78 is 2.42. The van der Waals surface area contributed by atoms with E-state index in [1.54, 1.807) is 35.3 Å². The van der Waals surface area contributed by atoms with Gasteiger partial charge >= 0.3 is 0 Å². The van der Waals surface area contributed by atoms with E-state index in [0.29, 0.717) is 22.2 Å². The number of para-hydroxylation sites is 1. The molecule has 1 unspecified atom stereocenters. The Hall–Kier alpha value is -1.04. The third kappa shape index (κ3) is 3.34. The summed E-state index contributed by atoms with van der Waals surface area (Å²) in [5, 5.41) is 7.71. The molecule has 0 aliphatic carbocycles. The Morgan fingerprint density at radius 2 is 2.10 bits per heavy atom. The lowest BCUT2D eigenvalue weighted by Gasteiger charge is -2.16. The molecule has 0 radical (unpaired) electrons. The number of nitrogens with zero attached hydrogens (tertiary/aromatic N) is 2. The minimum Gasteiger partial charge on any atom is -0.322 e. The summed E-state index contributed by atoms with van der Waals surface area (Å²) in [6, 6.07) is 4.65. The number of hydrogen-bond donors (Lipinski definition) is 1. The number of hydrogen-bond acceptors (Lipinski definition) is 2. The largest absolute Gasteiger partial charge is 0.322 e. The van der Waals surface area contributed by atoms with Crippen molar-refractivity contribution in [2.75, 3.05) is 5.32 Å². The lowest BCUT2D eigenvalue weighted by molar-refractivity contribution is -0.119. The van der Waals surface area contributed by atoms with Gasteiger partial charge in [-0.2, -0.15) is 5.10 Å². The van der Waals surface area contributed by atoms with Gasteiger partial charge in [-0.15, -0.1) is 0 Å². The summed E-state index contributed by atoms with van der Waals surface area (Å²) in [7, 11) is 0. The van der Waals surface area contributed by atoms with Crippen LogP contribution < -0.4 is 5.32 Å². The Bertz CT molecular complexity index is 610. The van der Waals surface area contributed by atoms with Gasteiger partial charge in [-0.25, -0.2) is 0 Å². The van der Waals surface area contributed by atoms with Gasteiger partial charge < -0.3 is 5.32 Å². The molecule has 1 atom stereocenters. The van der Waals surface area contributed by atoms with Gasteiger partial charge in [-0.1, -0.05) is 36.2 Å². The van der Waals surface area contributed by atoms with E-state index in [1.165, 1.54) is 0 Å². The highest BCUT2D eigenvalue weighted by Crippen LogP contribution is 2.30. The normalized spacial score (nSPS) is 12.2. The molecule has 1 heterocycles. The lowest BCUT2D eigenvalue weighted by Crippen LogP contribution is -2.26. The molecule has 1 aromatic heterocycles. The molecule has 0 saturated carbocycles. The van der Waals surface area contributed by atoms with Crippen LogP contribution in [-0.4, -0.2) is 15.7 Å². The third-order valence-electron chi connectivity index (χ3n) is 2.79. The number of halogens is 3. The molecule has 1 N–H and O–H groups in total. The van der Waals surface area contributed by atoms with E-state index in [2.05, 4.69) is 26.3 Å². The summed E-state index contributed by atoms with van der Waals surface area (Å²) in [6.45, 7) is 1.91. The predicted molar refractivity (Wildman–Crippen MR) is 84.3 cm³/mol. The van der Waals surface area contributed by atoms with Crippen molar-refractivity contribution < 1.29 is 4.79 Å². The molecule has 20 heavy (non-hydrogen) atoms. The van der Waals surface area contributed by atoms with Crippen molar-refractivity contribution in [2.45, 2.75) is 19.4 Å². The number of amides is 1. The number of aromatic nitrogens is 2. The van der Waals surface area contributed by atoms with Crippen LogP contribution in [0.2, 0.25) is 10.0 Å². The maximum atomic E-state index is 12.4. The Morgan fingerprint density at radius 1 is 1.45 bits per heavy atom. The van der Waals surface area contributed by atoms with E-state index in [1.807, 2.05) is 6.92 Å². The van der Waals surface area contributed by atoms with Crippen LogP contribution in [0, 0.1) is 0 Å². The molecule has 0 fully saturated rings. The predicted octanol–water partition coefficient (Wildman–Crippen LogP) is 4.54. The molecule has 2 aromatic rings. The first kappa shape index (κ1) is 15.4. The first-order valence-electron chi connectivity index (χ1n) is 5.97. The summed E-state index contributed by atoms with van der Waals surface area (Å²) in [6.07, 6.45) is 3.99. The van der Waals surface area contributed by atoms with Gasteiger partial charge in [0.05, 0.1) is 26.4 Å². The zero-order chi connectivity index (χ0) is 14.7. The van der Waals surface area contributed by atoms with Crippen molar-refractivity contribution in [3.8, 4) is 0 Å². The molecule has 0 bridgehead atoms. The van der Waals surface area contributed by atoms with Crippen molar-refractivity contribution in [1.29, 1.82) is 0 Å². The standard InChI is InChI=1S/C13H12BrCl2N3O/c1-2-11(19-7-8(14)6-17-19)13(20)18-12-9(15)4-3-5-10(12)16/h3-7,11H,2H2,1H3,(H,18,20). The Balaban J connectivity index is 2.22. The number of anilines is 1. The highest BCUT2D eigenvalue weighted by atomic mass is 79.9. The van der Waals surface area contributed by atoms with Crippen molar-refractivity contribution in [3.05, 3.63) is 45.1 Å². The first-order chi connectivity index (χ1) is 9.52. The molecule has 1 amide bonds. The Morgan fingerprint density at radius 3 is 2.60 bits per heavy atom. The number of carbonyl (C=O) groups is 1. The van der Waals surface area contributed by atoms with E-state index >= 15 is 0 Å². The van der Waals surface area contributed by atoms with Crippen LogP contribution in [0.15, 0.2) is 35.1 Å². The average molecular weight is 377 g/mol. The highest BCUT2D eigenvalue weighted by Gasteiger charge is 2.21. The van der Waals surface area contributed by atoms with E-state index in [0.717, 1.165) is 4.47 Å². The molecular formula is C13H12BrCl2N3O. The van der Waals surface area contributed by atoms with Crippen LogP contribution >= 0.6 is 39.1 Å². The van der Waals surface area contributed by atoms with Crippen molar-refractivity contribution >= 4 is 50.7 Å². The lowest BCUT2D eigenvalue weighted by atomic mass is 10.2. The molecule has 7 heteroatoms. The van der Waals surface area contributed by atoms with Crippen molar-refractivity contribution in [2.24, 2.45) is 0 Å². The second kappa shape index (κ2) is 6.61. The van der Waals surface area contributed by atoms with Crippen LogP contribution in [0.1, 0.15) is 19.4 Å². The van der Waals surface area contributed by atoms with Crippen LogP contribution in [0.3, 0.4) is 0 Å². The van der Waals surface area contributed by atoms with Crippen LogP contribution in [0.4, 0.5) is 5.69 Å². The van der Waals surface area contributed by atoms with Gasteiger partial charge in [0.15, 0.2) is 0 Å². The Kier molecular flexibility index (Phi) is 5.07. The topological polar surface area (TPSA) is 46.9 Å². The molecule has 2 rings (SSSR count). The van der Waals surface area contributed by atoms with Gasteiger partial charge in [0.1, 0.15) is 6.04 Å². The maximum Gasteiger partial charge on any atom is 0.249 e. The number of rotatable bonds is 4. The summed E-state index contributed by atoms with van der Waals surface area (Å²) >= 11 is 15.4. The highest BCUT2D eigenvalue weighted by molar-refractivity contribution is 9.10. The Labute approximate surface area is 135 Å². The quantitative estimate of drug-likeness (QED) is 0.851. The fraction of sp³-hybridized carbons (Fsp3) is 0.231. The van der Waals surface area contributed by atoms with Crippen LogP contribution in [0.5, 0.6) is 0 Å². The molecule has 0 aliphatic rings. The molecule has 4 nitrogen and oxygen atoms in total. The zero-order valence-corrected chi connectivity index (χ0v) is 13.7. The minimum absolute atomic E-state index is 0.210. The maximum absolute atomic E-state index is 12.4. The van der Waals surface area contributed by atoms with E-state index in [-0.39, 0.29) is 5.91 Å². The van der Waals surface area contributed by atoms with E-state index in [9.17, 15) is 4.79 Å². The van der Waals surface area contributed by atoms with Gasteiger partial charge in [-0.3, -0.25) is 9.48 Å². The zero-order valence-electron chi connectivity index (χ0n) is 10.6. The van der Waals surface area contributed by atoms with Crippen LogP contribution in [-0.2, 0) is 4.79 Å². The van der Waals surface area contributed by atoms with Gasteiger partial charge in [0.25, 0.3) is 0 Å². The summed E-state index contributed by atoms with van der Waals surface area (Å²) in [4.78, 5) is 12.4. The molecular weight excluding hydrogens is 365 g/mol. The first-order valence-corrected chi connectivity index (χ1v) is 7.52. The van der Waals surface area contributed by atoms with Gasteiger partial charge in [-0.05, 0) is 34.5 Å². The number of nitrogens with one attached hydrogen (secondary N) is 1. The minimum atomic E-state index is -0.423. The summed E-state index contributed by atoms with van der Waals surface area (Å²) in [5.74, 6) is -0.210. The smallest absolute Gasteiger partial charge is 0.249 e. The molecule has 0 spiro atoms. The molecule has 1 aromatic carbocycles. The third-order valence-corrected chi connectivity index (χ3v) is 3.83. The van der Waals surface area contributed by atoms with Crippen molar-refractivity contribution in [1.82, 2.24) is 9.78 Å².